The number of rotatable bonds is 20. The van der Waals surface area contributed by atoms with E-state index in [1.54, 1.807) is 0 Å². The van der Waals surface area contributed by atoms with Gasteiger partial charge in [0.15, 0.2) is 0 Å². The largest absolute Gasteiger partial charge is 0.321 e. The molecule has 0 heterocycles. The predicted octanol–water partition coefficient (Wildman–Crippen LogP) is 8.83. The van der Waals surface area contributed by atoms with E-state index in [1.165, 1.54) is 0 Å². The molecule has 0 saturated carbocycles. The van der Waals surface area contributed by atoms with Crippen molar-refractivity contribution in [1.29, 1.82) is 0 Å². The highest BCUT2D eigenvalue weighted by Crippen LogP contribution is 2.52. The van der Waals surface area contributed by atoms with E-state index in [9.17, 15) is 4.57 Å². The second kappa shape index (κ2) is 19.8. The smallest absolute Gasteiger partial charge is 0.296 e. The summed E-state index contributed by atoms with van der Waals surface area (Å²) in [5.41, 5.74) is -0.276. The van der Waals surface area contributed by atoms with Crippen LogP contribution in [-0.2, 0) is 13.6 Å². The van der Waals surface area contributed by atoms with Gasteiger partial charge in [-0.05, 0) is 146 Å². The Morgan fingerprint density at radius 1 is 0.395 bits per heavy atom. The van der Waals surface area contributed by atoms with E-state index in [-0.39, 0.29) is 11.2 Å². The molecule has 0 aromatic heterocycles. The molecule has 38 heavy (non-hydrogen) atoms. The molecule has 0 aliphatic heterocycles. The molecule has 0 spiro atoms. The van der Waals surface area contributed by atoms with Crippen molar-refractivity contribution in [2.75, 3.05) is 0 Å². The zero-order valence-corrected chi connectivity index (χ0v) is 32.3. The van der Waals surface area contributed by atoms with Gasteiger partial charge in [-0.15, -0.1) is 0 Å². The Bertz CT molecular complexity index is 526. The van der Waals surface area contributed by atoms with Gasteiger partial charge in [-0.2, -0.15) is 0 Å². The Morgan fingerprint density at radius 3 is 0.684 bits per heavy atom. The summed E-state index contributed by atoms with van der Waals surface area (Å²) < 4.78 is 36.3. The first-order valence-electron chi connectivity index (χ1n) is 14.4. The van der Waals surface area contributed by atoms with Crippen molar-refractivity contribution >= 4 is 43.2 Å². The molecule has 7 nitrogen and oxygen atoms in total. The van der Waals surface area contributed by atoms with Gasteiger partial charge >= 0.3 is 8.25 Å². The fourth-order valence-corrected chi connectivity index (χ4v) is 12.7. The van der Waals surface area contributed by atoms with Crippen LogP contribution in [0, 0.1) is 0 Å². The summed E-state index contributed by atoms with van der Waals surface area (Å²) in [5.74, 6) is 0. The fourth-order valence-electron chi connectivity index (χ4n) is 4.50. The highest BCUT2D eigenvalue weighted by atomic mass is 31.1. The van der Waals surface area contributed by atoms with Crippen LogP contribution in [0.3, 0.4) is 0 Å². The van der Waals surface area contributed by atoms with Gasteiger partial charge in [0.2, 0.25) is 0 Å². The average Bonchev–Trinajstić information content (AvgIpc) is 2.74. The highest BCUT2D eigenvalue weighted by molar-refractivity contribution is 7.56. The molecule has 0 N–H and O–H groups in total. The van der Waals surface area contributed by atoms with E-state index in [1.807, 2.05) is 0 Å². The molecule has 12 heteroatoms. The van der Waals surface area contributed by atoms with Gasteiger partial charge < -0.3 is 0 Å². The normalized spacial score (nSPS) is 17.3. The maximum atomic E-state index is 13.6. The summed E-state index contributed by atoms with van der Waals surface area (Å²) >= 11 is 0. The van der Waals surface area contributed by atoms with Gasteiger partial charge in [-0.3, -0.25) is 32.3 Å². The number of hydrogen-bond acceptors (Lipinski definition) is 7. The van der Waals surface area contributed by atoms with Crippen LogP contribution in [-0.4, -0.2) is 78.2 Å². The van der Waals surface area contributed by atoms with Crippen LogP contribution in [0.5, 0.6) is 0 Å². The van der Waals surface area contributed by atoms with Gasteiger partial charge in [0.05, 0.1) is 0 Å². The molecule has 0 fully saturated rings. The Hall–Kier alpha value is 1.71. The molecular weight excluding hydrogens is 571 g/mol. The molecule has 0 bridgehead atoms. The molecule has 0 aromatic carbocycles. The lowest BCUT2D eigenvalue weighted by Crippen LogP contribution is -2.34. The molecule has 4 atom stereocenters. The van der Waals surface area contributed by atoms with E-state index in [2.05, 4.69) is 129 Å². The minimum absolute atomic E-state index is 0.138. The van der Waals surface area contributed by atoms with Crippen LogP contribution >= 0.6 is 43.2 Å². The lowest BCUT2D eigenvalue weighted by molar-refractivity contribution is 0.230. The van der Waals surface area contributed by atoms with Crippen LogP contribution in [0.15, 0.2) is 0 Å². The Kier molecular flexibility index (Phi) is 20.7. The van der Waals surface area contributed by atoms with Crippen molar-refractivity contribution in [2.45, 2.75) is 170 Å². The van der Waals surface area contributed by atoms with Crippen LogP contribution in [0.25, 0.3) is 0 Å². The standard InChI is InChI=1S/C26H63N4O3P5/c1-17(2)27(18(3)4)34-25(35-28(19(5)6)20(7)8)32-38(31)33-26(36-29(21(9)10)22(11)12)37-30(23(13)14)24(15)16/h17-26,34-38H,1-16H3. The average molecular weight is 635 g/mol. The zero-order valence-electron chi connectivity index (χ0n) is 27.3. The van der Waals surface area contributed by atoms with Gasteiger partial charge in [0, 0.05) is 48.3 Å². The maximum Gasteiger partial charge on any atom is 0.321 e. The summed E-state index contributed by atoms with van der Waals surface area (Å²) in [4.78, 5) is 0. The predicted molar refractivity (Wildman–Crippen MR) is 180 cm³/mol. The first kappa shape index (κ1) is 39.7. The minimum Gasteiger partial charge on any atom is -0.296 e. The third kappa shape index (κ3) is 15.3. The topological polar surface area (TPSA) is 48.5 Å². The van der Waals surface area contributed by atoms with Crippen LogP contribution in [0.2, 0.25) is 0 Å². The Balaban J connectivity index is 5.98. The summed E-state index contributed by atoms with van der Waals surface area (Å²) in [6.45, 7) is 35.7. The van der Waals surface area contributed by atoms with Crippen LogP contribution in [0.4, 0.5) is 0 Å². The molecule has 0 saturated heterocycles. The monoisotopic (exact) mass is 634 g/mol. The molecule has 0 aliphatic rings. The number of nitrogens with zero attached hydrogens (tertiary/aromatic N) is 4. The SMILES string of the molecule is CC(C)N(PC(O[PH](=O)OC(PN(C(C)C)C(C)C)PN(C(C)C)C(C)C)PN(C(C)C)C(C)C)C(C)C. The Labute approximate surface area is 245 Å². The third-order valence-corrected chi connectivity index (χ3v) is 16.0. The minimum atomic E-state index is -2.70. The van der Waals surface area contributed by atoms with Crippen molar-refractivity contribution in [3.63, 3.8) is 0 Å². The lowest BCUT2D eigenvalue weighted by atomic mass is 10.3. The maximum absolute atomic E-state index is 13.6. The van der Waals surface area contributed by atoms with E-state index >= 15 is 0 Å². The first-order valence-corrected chi connectivity index (χ1v) is 19.8. The van der Waals surface area contributed by atoms with Crippen molar-refractivity contribution in [3.8, 4) is 0 Å². The van der Waals surface area contributed by atoms with Crippen molar-refractivity contribution < 1.29 is 13.6 Å². The lowest BCUT2D eigenvalue weighted by Gasteiger charge is -2.39. The van der Waals surface area contributed by atoms with Crippen LogP contribution < -0.4 is 0 Å². The Morgan fingerprint density at radius 2 is 0.553 bits per heavy atom. The van der Waals surface area contributed by atoms with Gasteiger partial charge in [0.25, 0.3) is 0 Å². The molecule has 230 valence electrons. The fraction of sp³-hybridized carbons (Fsp3) is 1.00. The highest BCUT2D eigenvalue weighted by Gasteiger charge is 2.30. The molecule has 4 unspecified atom stereocenters. The molecule has 0 amide bonds. The van der Waals surface area contributed by atoms with E-state index in [0.29, 0.717) is 83.3 Å². The molecule has 0 radical (unpaired) electrons. The van der Waals surface area contributed by atoms with E-state index < -0.39 is 8.25 Å². The first-order chi connectivity index (χ1) is 17.4. The van der Waals surface area contributed by atoms with Gasteiger partial charge in [-0.1, -0.05) is 0 Å². The molecule has 0 aromatic rings. The summed E-state index contributed by atoms with van der Waals surface area (Å²) in [7, 11) is -0.980. The van der Waals surface area contributed by atoms with Crippen molar-refractivity contribution in [1.82, 2.24) is 18.7 Å². The number of hydrogen-bond donors (Lipinski definition) is 0. The molecule has 0 aliphatic carbocycles. The summed E-state index contributed by atoms with van der Waals surface area (Å²) in [5, 5.41) is 0. The second-order valence-corrected chi connectivity index (χ2v) is 19.5. The van der Waals surface area contributed by atoms with Crippen molar-refractivity contribution in [2.24, 2.45) is 0 Å². The molecular formula is C26H63N4O3P5. The zero-order chi connectivity index (χ0) is 29.9. The van der Waals surface area contributed by atoms with E-state index in [0.717, 1.165) is 0 Å². The van der Waals surface area contributed by atoms with Crippen LogP contribution in [0.1, 0.15) is 111 Å². The van der Waals surface area contributed by atoms with E-state index in [4.69, 9.17) is 9.05 Å². The van der Waals surface area contributed by atoms with Gasteiger partial charge in [-0.25, -0.2) is 0 Å². The molecule has 0 rings (SSSR count). The quantitative estimate of drug-likeness (QED) is 0.124. The third-order valence-electron chi connectivity index (χ3n) is 5.94. The second-order valence-electron chi connectivity index (χ2n) is 12.1. The summed E-state index contributed by atoms with van der Waals surface area (Å²) in [6, 6.07) is 3.16. The van der Waals surface area contributed by atoms with Crippen molar-refractivity contribution in [3.05, 3.63) is 0 Å². The van der Waals surface area contributed by atoms with Gasteiger partial charge in [0.1, 0.15) is 11.2 Å². The summed E-state index contributed by atoms with van der Waals surface area (Å²) in [6.07, 6.45) is 0.